The Morgan fingerprint density at radius 3 is 2.35 bits per heavy atom. The van der Waals surface area contributed by atoms with Crippen LogP contribution in [0.5, 0.6) is 5.75 Å². The maximum Gasteiger partial charge on any atom is 0.269 e. The first-order valence-corrected chi connectivity index (χ1v) is 12.0. The molecule has 12 heteroatoms. The van der Waals surface area contributed by atoms with E-state index in [2.05, 4.69) is 5.32 Å². The molecule has 0 aliphatic carbocycles. The van der Waals surface area contributed by atoms with Crippen molar-refractivity contribution in [3.8, 4) is 5.75 Å². The van der Waals surface area contributed by atoms with Crippen molar-refractivity contribution in [3.05, 3.63) is 54.1 Å². The third-order valence-corrected chi connectivity index (χ3v) is 8.11. The standard InChI is InChI=1S/C19H21N3O7S2/c1-21(2)30(25,26)15-9-7-14(8-10-15)29-12-11-20-18(23)13-22-19(24)16-5-3-4-6-17(16)31(22,27)28/h3-10H,11-13H2,1-2H3,(H,20,23). The minimum Gasteiger partial charge on any atom is -0.492 e. The molecule has 31 heavy (non-hydrogen) atoms. The lowest BCUT2D eigenvalue weighted by molar-refractivity contribution is -0.121. The molecule has 2 amide bonds. The average molecular weight is 468 g/mol. The number of hydrogen-bond acceptors (Lipinski definition) is 7. The maximum atomic E-state index is 12.4. The molecule has 166 valence electrons. The van der Waals surface area contributed by atoms with Crippen LogP contribution in [0.2, 0.25) is 0 Å². The second-order valence-corrected chi connectivity index (χ2v) is 10.8. The van der Waals surface area contributed by atoms with Crippen molar-refractivity contribution >= 4 is 31.9 Å². The van der Waals surface area contributed by atoms with Crippen LogP contribution in [0.25, 0.3) is 0 Å². The molecule has 3 rings (SSSR count). The Morgan fingerprint density at radius 2 is 1.74 bits per heavy atom. The largest absolute Gasteiger partial charge is 0.492 e. The number of fused-ring (bicyclic) bond motifs is 1. The normalized spacial score (nSPS) is 15.1. The summed E-state index contributed by atoms with van der Waals surface area (Å²) < 4.78 is 56.0. The van der Waals surface area contributed by atoms with Gasteiger partial charge in [0.25, 0.3) is 15.9 Å². The molecule has 0 fully saturated rings. The summed E-state index contributed by atoms with van der Waals surface area (Å²) in [4.78, 5) is 24.4. The lowest BCUT2D eigenvalue weighted by Crippen LogP contribution is -2.41. The fourth-order valence-electron chi connectivity index (χ4n) is 2.85. The van der Waals surface area contributed by atoms with Crippen LogP contribution in [0.1, 0.15) is 10.4 Å². The van der Waals surface area contributed by atoms with Crippen LogP contribution in [0.15, 0.2) is 58.3 Å². The van der Waals surface area contributed by atoms with Gasteiger partial charge in [-0.05, 0) is 36.4 Å². The highest BCUT2D eigenvalue weighted by molar-refractivity contribution is 7.90. The van der Waals surface area contributed by atoms with Gasteiger partial charge in [0.15, 0.2) is 0 Å². The van der Waals surface area contributed by atoms with Gasteiger partial charge in [-0.25, -0.2) is 25.4 Å². The van der Waals surface area contributed by atoms with E-state index >= 15 is 0 Å². The van der Waals surface area contributed by atoms with Crippen LogP contribution in [0.3, 0.4) is 0 Å². The number of nitrogens with zero attached hydrogens (tertiary/aromatic N) is 2. The number of benzene rings is 2. The van der Waals surface area contributed by atoms with Crippen molar-refractivity contribution < 1.29 is 31.2 Å². The smallest absolute Gasteiger partial charge is 0.269 e. The lowest BCUT2D eigenvalue weighted by atomic mass is 10.2. The van der Waals surface area contributed by atoms with Crippen molar-refractivity contribution in [3.63, 3.8) is 0 Å². The molecule has 1 N–H and O–H groups in total. The van der Waals surface area contributed by atoms with Gasteiger partial charge < -0.3 is 10.1 Å². The average Bonchev–Trinajstić information content (AvgIpc) is 2.92. The van der Waals surface area contributed by atoms with E-state index in [0.29, 0.717) is 10.1 Å². The molecule has 0 aromatic heterocycles. The Balaban J connectivity index is 1.50. The van der Waals surface area contributed by atoms with Crippen molar-refractivity contribution in [2.45, 2.75) is 9.79 Å². The Bertz CT molecular complexity index is 1210. The van der Waals surface area contributed by atoms with E-state index in [1.54, 1.807) is 6.07 Å². The van der Waals surface area contributed by atoms with E-state index in [4.69, 9.17) is 4.74 Å². The highest BCUT2D eigenvalue weighted by atomic mass is 32.2. The molecule has 0 radical (unpaired) electrons. The highest BCUT2D eigenvalue weighted by Gasteiger charge is 2.41. The summed E-state index contributed by atoms with van der Waals surface area (Å²) in [6, 6.07) is 11.6. The van der Waals surface area contributed by atoms with E-state index in [9.17, 15) is 26.4 Å². The summed E-state index contributed by atoms with van der Waals surface area (Å²) in [5.41, 5.74) is 0.0401. The van der Waals surface area contributed by atoms with Gasteiger partial charge in [-0.3, -0.25) is 9.59 Å². The number of rotatable bonds is 8. The summed E-state index contributed by atoms with van der Waals surface area (Å²) in [6.45, 7) is -0.509. The van der Waals surface area contributed by atoms with Crippen LogP contribution in [-0.4, -0.2) is 71.1 Å². The number of nitrogens with one attached hydrogen (secondary N) is 1. The number of carbonyl (C=O) groups excluding carboxylic acids is 2. The number of carbonyl (C=O) groups is 2. The monoisotopic (exact) mass is 467 g/mol. The van der Waals surface area contributed by atoms with Crippen molar-refractivity contribution in [2.24, 2.45) is 0 Å². The first-order chi connectivity index (χ1) is 14.5. The van der Waals surface area contributed by atoms with Crippen LogP contribution in [-0.2, 0) is 24.8 Å². The zero-order valence-corrected chi connectivity index (χ0v) is 18.4. The first-order valence-electron chi connectivity index (χ1n) is 9.13. The predicted octanol–water partition coefficient (Wildman–Crippen LogP) is 0.277. The second-order valence-electron chi connectivity index (χ2n) is 6.77. The van der Waals surface area contributed by atoms with E-state index in [1.807, 2.05) is 0 Å². The van der Waals surface area contributed by atoms with Gasteiger partial charge in [0.05, 0.1) is 17.0 Å². The SMILES string of the molecule is CN(C)S(=O)(=O)c1ccc(OCCNC(=O)CN2C(=O)c3ccccc3S2(=O)=O)cc1. The van der Waals surface area contributed by atoms with E-state index < -0.39 is 38.4 Å². The molecule has 2 aromatic carbocycles. The van der Waals surface area contributed by atoms with Gasteiger partial charge in [-0.15, -0.1) is 0 Å². The summed E-state index contributed by atoms with van der Waals surface area (Å²) in [6.07, 6.45) is 0. The van der Waals surface area contributed by atoms with E-state index in [1.165, 1.54) is 56.6 Å². The van der Waals surface area contributed by atoms with Gasteiger partial charge in [0.1, 0.15) is 23.8 Å². The minimum atomic E-state index is -4.05. The molecule has 0 unspecified atom stereocenters. The molecule has 1 aliphatic heterocycles. The Kier molecular flexibility index (Phi) is 6.34. The molecule has 2 aromatic rings. The molecule has 0 saturated carbocycles. The Hall–Kier alpha value is -2.96. The van der Waals surface area contributed by atoms with E-state index in [-0.39, 0.29) is 28.5 Å². The quantitative estimate of drug-likeness (QED) is 0.552. The van der Waals surface area contributed by atoms with Crippen LogP contribution in [0, 0.1) is 0 Å². The predicted molar refractivity (Wildman–Crippen MR) is 110 cm³/mol. The highest BCUT2D eigenvalue weighted by Crippen LogP contribution is 2.29. The summed E-state index contributed by atoms with van der Waals surface area (Å²) >= 11 is 0. The summed E-state index contributed by atoms with van der Waals surface area (Å²) in [5.74, 6) is -0.991. The van der Waals surface area contributed by atoms with Gasteiger partial charge in [-0.2, -0.15) is 0 Å². The van der Waals surface area contributed by atoms with Crippen LogP contribution >= 0.6 is 0 Å². The third-order valence-electron chi connectivity index (χ3n) is 4.49. The summed E-state index contributed by atoms with van der Waals surface area (Å²) in [5, 5.41) is 2.49. The van der Waals surface area contributed by atoms with Crippen LogP contribution in [0.4, 0.5) is 0 Å². The van der Waals surface area contributed by atoms with Gasteiger partial charge >= 0.3 is 0 Å². The summed E-state index contributed by atoms with van der Waals surface area (Å²) in [7, 11) is -4.72. The molecule has 0 bridgehead atoms. The van der Waals surface area contributed by atoms with Crippen molar-refractivity contribution in [2.75, 3.05) is 33.8 Å². The van der Waals surface area contributed by atoms with Crippen molar-refractivity contribution in [1.82, 2.24) is 13.9 Å². The molecule has 0 spiro atoms. The van der Waals surface area contributed by atoms with Crippen LogP contribution < -0.4 is 10.1 Å². The first kappa shape index (κ1) is 22.7. The number of hydrogen-bond donors (Lipinski definition) is 1. The number of sulfonamides is 2. The topological polar surface area (TPSA) is 130 Å². The molecule has 1 heterocycles. The molecule has 0 atom stereocenters. The Morgan fingerprint density at radius 1 is 1.10 bits per heavy atom. The zero-order chi connectivity index (χ0) is 22.8. The zero-order valence-electron chi connectivity index (χ0n) is 16.8. The number of ether oxygens (including phenoxy) is 1. The van der Waals surface area contributed by atoms with Gasteiger partial charge in [0.2, 0.25) is 15.9 Å². The molecule has 0 saturated heterocycles. The van der Waals surface area contributed by atoms with Gasteiger partial charge in [-0.1, -0.05) is 12.1 Å². The van der Waals surface area contributed by atoms with Gasteiger partial charge in [0, 0.05) is 14.1 Å². The lowest BCUT2D eigenvalue weighted by Gasteiger charge is -2.15. The second kappa shape index (κ2) is 8.65. The number of amides is 2. The minimum absolute atomic E-state index is 0.0401. The molecular formula is C19H21N3O7S2. The third kappa shape index (κ3) is 4.55. The maximum absolute atomic E-state index is 12.4. The van der Waals surface area contributed by atoms with Crippen molar-refractivity contribution in [1.29, 1.82) is 0 Å². The molecule has 1 aliphatic rings. The fraction of sp³-hybridized carbons (Fsp3) is 0.263. The fourth-order valence-corrected chi connectivity index (χ4v) is 5.28. The van der Waals surface area contributed by atoms with E-state index in [0.717, 1.165) is 4.31 Å². The Labute approximate surface area is 180 Å². The molecular weight excluding hydrogens is 446 g/mol. The molecule has 10 nitrogen and oxygen atoms in total.